The van der Waals surface area contributed by atoms with Crippen molar-refractivity contribution in [1.29, 1.82) is 0 Å². The summed E-state index contributed by atoms with van der Waals surface area (Å²) in [6.07, 6.45) is 0.983. The maximum atomic E-state index is 12.9. The first kappa shape index (κ1) is 20.5. The van der Waals surface area contributed by atoms with Crippen LogP contribution in [0, 0.1) is 0 Å². The molecule has 1 saturated heterocycles. The normalized spacial score (nSPS) is 18.4. The fourth-order valence-corrected chi connectivity index (χ4v) is 3.80. The van der Waals surface area contributed by atoms with Crippen LogP contribution >= 0.6 is 11.3 Å². The Kier molecular flexibility index (Phi) is 6.28. The van der Waals surface area contributed by atoms with E-state index in [1.807, 2.05) is 17.5 Å². The average Bonchev–Trinajstić information content (AvgIpc) is 3.34. The highest BCUT2D eigenvalue weighted by Crippen LogP contribution is 2.31. The molecule has 0 unspecified atom stereocenters. The van der Waals surface area contributed by atoms with E-state index < -0.39 is 36.0 Å². The van der Waals surface area contributed by atoms with Gasteiger partial charge in [-0.2, -0.15) is 5.01 Å². The maximum absolute atomic E-state index is 12.9. The van der Waals surface area contributed by atoms with Gasteiger partial charge in [0.15, 0.2) is 6.61 Å². The lowest BCUT2D eigenvalue weighted by atomic mass is 9.87. The lowest BCUT2D eigenvalue weighted by Crippen LogP contribution is -2.49. The highest BCUT2D eigenvalue weighted by molar-refractivity contribution is 7.09. The topological polar surface area (TPSA) is 105 Å². The minimum atomic E-state index is -1.25. The van der Waals surface area contributed by atoms with Crippen LogP contribution in [0.3, 0.4) is 0 Å². The van der Waals surface area contributed by atoms with E-state index in [1.165, 1.54) is 11.3 Å². The molecule has 1 aromatic heterocycles. The Morgan fingerprint density at radius 2 is 1.93 bits per heavy atom. The first-order chi connectivity index (χ1) is 14.0. The van der Waals surface area contributed by atoms with Crippen LogP contribution in [0.4, 0.5) is 4.79 Å². The molecular formula is C20H21N3O5S. The van der Waals surface area contributed by atoms with Gasteiger partial charge in [0.05, 0.1) is 6.42 Å². The third kappa shape index (κ3) is 4.45. The Hall–Kier alpha value is -3.20. The minimum Gasteiger partial charge on any atom is -0.455 e. The number of ether oxygens (including phenoxy) is 1. The number of hydrazine groups is 1. The summed E-state index contributed by atoms with van der Waals surface area (Å²) in [5.41, 5.74) is 1.60. The molecule has 1 aliphatic rings. The van der Waals surface area contributed by atoms with Gasteiger partial charge >= 0.3 is 12.0 Å². The van der Waals surface area contributed by atoms with Crippen molar-refractivity contribution in [1.82, 2.24) is 15.8 Å². The van der Waals surface area contributed by atoms with E-state index in [9.17, 15) is 19.2 Å². The third-order valence-electron chi connectivity index (χ3n) is 4.64. The van der Waals surface area contributed by atoms with Gasteiger partial charge in [-0.25, -0.2) is 4.79 Å². The van der Waals surface area contributed by atoms with Crippen molar-refractivity contribution in [3.05, 3.63) is 58.3 Å². The molecule has 9 heteroatoms. The van der Waals surface area contributed by atoms with Crippen molar-refractivity contribution in [2.75, 3.05) is 6.61 Å². The number of thiophene rings is 1. The van der Waals surface area contributed by atoms with Gasteiger partial charge < -0.3 is 10.1 Å². The van der Waals surface area contributed by atoms with Gasteiger partial charge in [-0.15, -0.1) is 11.3 Å². The number of esters is 1. The van der Waals surface area contributed by atoms with E-state index in [2.05, 4.69) is 10.7 Å². The first-order valence-electron chi connectivity index (χ1n) is 9.16. The van der Waals surface area contributed by atoms with Gasteiger partial charge in [-0.3, -0.25) is 19.8 Å². The highest BCUT2D eigenvalue weighted by Gasteiger charge is 2.52. The predicted molar refractivity (Wildman–Crippen MR) is 106 cm³/mol. The van der Waals surface area contributed by atoms with E-state index in [1.54, 1.807) is 37.3 Å². The predicted octanol–water partition coefficient (Wildman–Crippen LogP) is 2.11. The molecule has 1 aliphatic heterocycles. The monoisotopic (exact) mass is 415 g/mol. The number of rotatable bonds is 8. The SMILES string of the molecule is CC[C@@]1(c2ccccc2)NC(=O)N(NC(=O)COC(=O)CCc2cccs2)C1=O. The Morgan fingerprint density at radius 3 is 2.59 bits per heavy atom. The second-order valence-electron chi connectivity index (χ2n) is 6.47. The van der Waals surface area contributed by atoms with Crippen LogP contribution in [0.1, 0.15) is 30.2 Å². The number of aryl methyl sites for hydroxylation is 1. The Balaban J connectivity index is 1.55. The van der Waals surface area contributed by atoms with Gasteiger partial charge in [-0.05, 0) is 29.9 Å². The molecule has 0 bridgehead atoms. The number of carbonyl (C=O) groups excluding carboxylic acids is 4. The summed E-state index contributed by atoms with van der Waals surface area (Å²) in [7, 11) is 0. The minimum absolute atomic E-state index is 0.143. The molecule has 2 aromatic rings. The zero-order chi connectivity index (χ0) is 20.9. The van der Waals surface area contributed by atoms with Crippen molar-refractivity contribution in [2.24, 2.45) is 0 Å². The largest absolute Gasteiger partial charge is 0.455 e. The molecule has 152 valence electrons. The second-order valence-corrected chi connectivity index (χ2v) is 7.50. The van der Waals surface area contributed by atoms with Crippen LogP contribution in [0.25, 0.3) is 0 Å². The molecular weight excluding hydrogens is 394 g/mol. The molecule has 2 N–H and O–H groups in total. The number of carbonyl (C=O) groups is 4. The summed E-state index contributed by atoms with van der Waals surface area (Å²) in [6.45, 7) is 1.19. The Morgan fingerprint density at radius 1 is 1.17 bits per heavy atom. The number of amides is 4. The average molecular weight is 415 g/mol. The molecule has 0 radical (unpaired) electrons. The quantitative estimate of drug-likeness (QED) is 0.508. The number of benzene rings is 1. The standard InChI is InChI=1S/C20H21N3O5S/c1-2-20(14-7-4-3-5-8-14)18(26)23(19(27)21-20)22-16(24)13-28-17(25)11-10-15-9-6-12-29-15/h3-9,12H,2,10-11,13H2,1H3,(H,21,27)(H,22,24)/t20-/m0/s1. The Bertz CT molecular complexity index is 900. The maximum Gasteiger partial charge on any atom is 0.344 e. The van der Waals surface area contributed by atoms with Crippen molar-refractivity contribution < 1.29 is 23.9 Å². The summed E-state index contributed by atoms with van der Waals surface area (Å²) in [4.78, 5) is 50.1. The zero-order valence-corrected chi connectivity index (χ0v) is 16.7. The molecule has 0 spiro atoms. The third-order valence-corrected chi connectivity index (χ3v) is 5.58. The molecule has 0 aliphatic carbocycles. The van der Waals surface area contributed by atoms with Gasteiger partial charge in [0.1, 0.15) is 5.54 Å². The zero-order valence-electron chi connectivity index (χ0n) is 15.8. The molecule has 0 saturated carbocycles. The summed E-state index contributed by atoms with van der Waals surface area (Å²) in [5.74, 6) is -1.88. The van der Waals surface area contributed by atoms with Crippen LogP contribution in [0.2, 0.25) is 0 Å². The summed E-state index contributed by atoms with van der Waals surface area (Å²) in [6, 6.07) is 11.9. The number of imide groups is 1. The lowest BCUT2D eigenvalue weighted by molar-refractivity contribution is -0.150. The second kappa shape index (κ2) is 8.87. The van der Waals surface area contributed by atoms with Crippen molar-refractivity contribution in [3.8, 4) is 0 Å². The van der Waals surface area contributed by atoms with Gasteiger partial charge in [0, 0.05) is 4.88 Å². The fourth-order valence-electron chi connectivity index (χ4n) is 3.09. The number of nitrogens with one attached hydrogen (secondary N) is 2. The van der Waals surface area contributed by atoms with Gasteiger partial charge in [0.2, 0.25) is 0 Å². The molecule has 1 fully saturated rings. The van der Waals surface area contributed by atoms with Gasteiger partial charge in [0.25, 0.3) is 11.8 Å². The summed E-state index contributed by atoms with van der Waals surface area (Å²) >= 11 is 1.54. The van der Waals surface area contributed by atoms with Crippen LogP contribution in [0.5, 0.6) is 0 Å². The number of nitrogens with zero attached hydrogens (tertiary/aromatic N) is 1. The van der Waals surface area contributed by atoms with Crippen LogP contribution in [-0.2, 0) is 31.1 Å². The van der Waals surface area contributed by atoms with Crippen molar-refractivity contribution in [3.63, 3.8) is 0 Å². The van der Waals surface area contributed by atoms with E-state index in [-0.39, 0.29) is 6.42 Å². The van der Waals surface area contributed by atoms with Crippen LogP contribution < -0.4 is 10.7 Å². The highest BCUT2D eigenvalue weighted by atomic mass is 32.1. The lowest BCUT2D eigenvalue weighted by Gasteiger charge is -2.25. The van der Waals surface area contributed by atoms with Crippen LogP contribution in [-0.4, -0.2) is 35.4 Å². The van der Waals surface area contributed by atoms with E-state index >= 15 is 0 Å². The molecule has 8 nitrogen and oxygen atoms in total. The fraction of sp³-hybridized carbons (Fsp3) is 0.300. The number of hydrogen-bond acceptors (Lipinski definition) is 6. The first-order valence-corrected chi connectivity index (χ1v) is 10.0. The molecule has 2 heterocycles. The smallest absolute Gasteiger partial charge is 0.344 e. The molecule has 3 rings (SSSR count). The molecule has 29 heavy (non-hydrogen) atoms. The molecule has 1 aromatic carbocycles. The van der Waals surface area contributed by atoms with Crippen molar-refractivity contribution in [2.45, 2.75) is 31.7 Å². The Labute approximate surface area is 171 Å². The van der Waals surface area contributed by atoms with E-state index in [0.717, 1.165) is 4.88 Å². The van der Waals surface area contributed by atoms with E-state index in [4.69, 9.17) is 4.74 Å². The van der Waals surface area contributed by atoms with Gasteiger partial charge in [-0.1, -0.05) is 43.3 Å². The van der Waals surface area contributed by atoms with Crippen LogP contribution in [0.15, 0.2) is 47.8 Å². The van der Waals surface area contributed by atoms with Crippen molar-refractivity contribution >= 4 is 35.2 Å². The number of urea groups is 1. The molecule has 4 amide bonds. The number of hydrogen-bond donors (Lipinski definition) is 2. The summed E-state index contributed by atoms with van der Waals surface area (Å²) in [5, 5.41) is 5.21. The summed E-state index contributed by atoms with van der Waals surface area (Å²) < 4.78 is 4.93. The molecule has 1 atom stereocenters. The van der Waals surface area contributed by atoms with E-state index in [0.29, 0.717) is 23.4 Å².